The summed E-state index contributed by atoms with van der Waals surface area (Å²) in [5.41, 5.74) is 1.16. The number of aryl methyl sites for hydroxylation is 1. The molecule has 0 spiro atoms. The molecule has 1 atom stereocenters. The van der Waals surface area contributed by atoms with Crippen LogP contribution in [0.15, 0.2) is 64.9 Å². The molecule has 4 heteroatoms. The van der Waals surface area contributed by atoms with Crippen LogP contribution in [0.3, 0.4) is 0 Å². The van der Waals surface area contributed by atoms with Crippen LogP contribution < -0.4 is 4.74 Å². The Morgan fingerprint density at radius 1 is 1.10 bits per heavy atom. The molecule has 2 aromatic rings. The van der Waals surface area contributed by atoms with Crippen molar-refractivity contribution in [2.75, 3.05) is 5.75 Å². The van der Waals surface area contributed by atoms with E-state index in [0.717, 1.165) is 27.7 Å². The van der Waals surface area contributed by atoms with Gasteiger partial charge in [-0.15, -0.1) is 11.8 Å². The minimum atomic E-state index is 0.208. The molecule has 0 saturated heterocycles. The number of benzene rings is 2. The standard InChI is InChI=1S/C17H16O2S2/c1-13-11-15(18-14-5-3-2-4-6-14)7-8-17(13)21-19-16-9-10-20-12-16/h2-11,16H,12H2,1H3. The van der Waals surface area contributed by atoms with Crippen molar-refractivity contribution in [3.63, 3.8) is 0 Å². The van der Waals surface area contributed by atoms with E-state index in [9.17, 15) is 0 Å². The second-order valence-corrected chi connectivity index (χ2v) is 6.46. The zero-order chi connectivity index (χ0) is 14.5. The topological polar surface area (TPSA) is 18.5 Å². The Hall–Kier alpha value is -1.36. The van der Waals surface area contributed by atoms with Crippen LogP contribution >= 0.6 is 23.8 Å². The summed E-state index contributed by atoms with van der Waals surface area (Å²) in [5.74, 6) is 2.70. The van der Waals surface area contributed by atoms with Crippen molar-refractivity contribution in [2.45, 2.75) is 17.9 Å². The first-order valence-corrected chi connectivity index (χ1v) is 8.55. The van der Waals surface area contributed by atoms with Crippen LogP contribution in [-0.4, -0.2) is 11.9 Å². The summed E-state index contributed by atoms with van der Waals surface area (Å²) in [5, 5.41) is 2.09. The van der Waals surface area contributed by atoms with E-state index in [1.54, 1.807) is 11.8 Å². The van der Waals surface area contributed by atoms with Crippen LogP contribution in [0.2, 0.25) is 0 Å². The molecule has 2 aromatic carbocycles. The quantitative estimate of drug-likeness (QED) is 0.683. The summed E-state index contributed by atoms with van der Waals surface area (Å²) >= 11 is 3.23. The fourth-order valence-corrected chi connectivity index (χ4v) is 3.45. The van der Waals surface area contributed by atoms with Crippen molar-refractivity contribution in [1.29, 1.82) is 0 Å². The summed E-state index contributed by atoms with van der Waals surface area (Å²) in [7, 11) is 0. The minimum absolute atomic E-state index is 0.208. The van der Waals surface area contributed by atoms with E-state index in [1.165, 1.54) is 12.0 Å². The highest BCUT2D eigenvalue weighted by molar-refractivity contribution is 8.02. The molecule has 1 heterocycles. The third-order valence-corrected chi connectivity index (χ3v) is 4.89. The SMILES string of the molecule is Cc1cc(Oc2ccccc2)ccc1SOC1C=CSC1. The Kier molecular flexibility index (Phi) is 4.91. The highest BCUT2D eigenvalue weighted by atomic mass is 32.2. The Bertz CT molecular complexity index is 626. The fraction of sp³-hybridized carbons (Fsp3) is 0.176. The lowest BCUT2D eigenvalue weighted by Gasteiger charge is -2.11. The van der Waals surface area contributed by atoms with Crippen LogP contribution in [0.1, 0.15) is 5.56 Å². The van der Waals surface area contributed by atoms with E-state index in [2.05, 4.69) is 18.4 Å². The largest absolute Gasteiger partial charge is 0.457 e. The zero-order valence-corrected chi connectivity index (χ0v) is 13.3. The molecule has 0 aliphatic carbocycles. The molecule has 108 valence electrons. The predicted molar refractivity (Wildman–Crippen MR) is 90.0 cm³/mol. The fourth-order valence-electron chi connectivity index (χ4n) is 1.93. The molecule has 0 N–H and O–H groups in total. The van der Waals surface area contributed by atoms with Gasteiger partial charge < -0.3 is 8.92 Å². The van der Waals surface area contributed by atoms with Gasteiger partial charge in [0.1, 0.15) is 17.6 Å². The summed E-state index contributed by atoms with van der Waals surface area (Å²) in [6.07, 6.45) is 2.31. The highest BCUT2D eigenvalue weighted by Crippen LogP contribution is 2.31. The Labute approximate surface area is 133 Å². The highest BCUT2D eigenvalue weighted by Gasteiger charge is 2.12. The van der Waals surface area contributed by atoms with Crippen LogP contribution in [0.25, 0.3) is 0 Å². The van der Waals surface area contributed by atoms with E-state index in [-0.39, 0.29) is 6.10 Å². The lowest BCUT2D eigenvalue weighted by molar-refractivity contribution is 0.328. The van der Waals surface area contributed by atoms with Crippen molar-refractivity contribution in [3.8, 4) is 11.5 Å². The van der Waals surface area contributed by atoms with E-state index >= 15 is 0 Å². The summed E-state index contributed by atoms with van der Waals surface area (Å²) in [6.45, 7) is 2.07. The van der Waals surface area contributed by atoms with E-state index in [0.29, 0.717) is 0 Å². The molecule has 0 radical (unpaired) electrons. The summed E-state index contributed by atoms with van der Waals surface area (Å²) in [6, 6.07) is 15.9. The summed E-state index contributed by atoms with van der Waals surface area (Å²) in [4.78, 5) is 1.13. The van der Waals surface area contributed by atoms with Gasteiger partial charge in [0.2, 0.25) is 0 Å². The molecule has 21 heavy (non-hydrogen) atoms. The van der Waals surface area contributed by atoms with Gasteiger partial charge in [0.15, 0.2) is 0 Å². The van der Waals surface area contributed by atoms with Gasteiger partial charge in [0.25, 0.3) is 0 Å². The molecular formula is C17H16O2S2. The van der Waals surface area contributed by atoms with Gasteiger partial charge in [-0.05, 0) is 54.3 Å². The molecule has 1 unspecified atom stereocenters. The number of rotatable bonds is 5. The summed E-state index contributed by atoms with van der Waals surface area (Å²) < 4.78 is 11.6. The van der Waals surface area contributed by atoms with Gasteiger partial charge in [0, 0.05) is 22.7 Å². The van der Waals surface area contributed by atoms with Gasteiger partial charge in [0.05, 0.1) is 0 Å². The molecule has 2 nitrogen and oxygen atoms in total. The normalized spacial score (nSPS) is 17.1. The van der Waals surface area contributed by atoms with Crippen molar-refractivity contribution < 1.29 is 8.92 Å². The van der Waals surface area contributed by atoms with Crippen LogP contribution in [0.5, 0.6) is 11.5 Å². The second-order valence-electron chi connectivity index (χ2n) is 4.72. The van der Waals surface area contributed by atoms with Crippen molar-refractivity contribution in [2.24, 2.45) is 0 Å². The van der Waals surface area contributed by atoms with Crippen LogP contribution in [0, 0.1) is 6.92 Å². The zero-order valence-electron chi connectivity index (χ0n) is 11.7. The molecule has 0 aromatic heterocycles. The van der Waals surface area contributed by atoms with Crippen LogP contribution in [-0.2, 0) is 4.18 Å². The van der Waals surface area contributed by atoms with E-state index in [1.807, 2.05) is 48.5 Å². The number of hydrogen-bond acceptors (Lipinski definition) is 4. The number of para-hydroxylation sites is 1. The maximum absolute atomic E-state index is 5.83. The molecule has 1 aliphatic heterocycles. The molecule has 0 fully saturated rings. The Morgan fingerprint density at radius 3 is 2.67 bits per heavy atom. The number of hydrogen-bond donors (Lipinski definition) is 0. The molecule has 3 rings (SSSR count). The number of thioether (sulfide) groups is 1. The first kappa shape index (κ1) is 14.6. The maximum Gasteiger partial charge on any atom is 0.127 e. The van der Waals surface area contributed by atoms with Gasteiger partial charge in [-0.1, -0.05) is 18.2 Å². The smallest absolute Gasteiger partial charge is 0.127 e. The Balaban J connectivity index is 1.63. The van der Waals surface area contributed by atoms with E-state index < -0.39 is 0 Å². The average Bonchev–Trinajstić information content (AvgIpc) is 3.01. The molecule has 0 amide bonds. The molecular weight excluding hydrogens is 300 g/mol. The van der Waals surface area contributed by atoms with Crippen LogP contribution in [0.4, 0.5) is 0 Å². The molecule has 0 bridgehead atoms. The molecule has 1 aliphatic rings. The Morgan fingerprint density at radius 2 is 1.95 bits per heavy atom. The predicted octanol–water partition coefficient (Wildman–Crippen LogP) is 5.44. The first-order chi connectivity index (χ1) is 10.3. The molecule has 0 saturated carbocycles. The first-order valence-electron chi connectivity index (χ1n) is 6.76. The van der Waals surface area contributed by atoms with Gasteiger partial charge in [-0.2, -0.15) is 0 Å². The monoisotopic (exact) mass is 316 g/mol. The second kappa shape index (κ2) is 7.07. The third kappa shape index (κ3) is 4.06. The van der Waals surface area contributed by atoms with Gasteiger partial charge in [-0.3, -0.25) is 0 Å². The van der Waals surface area contributed by atoms with Gasteiger partial charge in [-0.25, -0.2) is 0 Å². The lowest BCUT2D eigenvalue weighted by Crippen LogP contribution is -2.04. The number of ether oxygens (including phenoxy) is 1. The van der Waals surface area contributed by atoms with Gasteiger partial charge >= 0.3 is 0 Å². The minimum Gasteiger partial charge on any atom is -0.457 e. The van der Waals surface area contributed by atoms with Crippen molar-refractivity contribution in [1.82, 2.24) is 0 Å². The third-order valence-electron chi connectivity index (χ3n) is 3.04. The maximum atomic E-state index is 5.83. The average molecular weight is 316 g/mol. The lowest BCUT2D eigenvalue weighted by atomic mass is 10.2. The van der Waals surface area contributed by atoms with E-state index in [4.69, 9.17) is 8.92 Å². The van der Waals surface area contributed by atoms with Crippen molar-refractivity contribution >= 4 is 23.8 Å². The van der Waals surface area contributed by atoms with Crippen molar-refractivity contribution in [3.05, 3.63) is 65.6 Å².